The summed E-state index contributed by atoms with van der Waals surface area (Å²) in [6.07, 6.45) is 0.724. The third kappa shape index (κ3) is 3.83. The molecule has 0 bridgehead atoms. The molecule has 0 atom stereocenters. The van der Waals surface area contributed by atoms with Crippen molar-refractivity contribution in [2.45, 2.75) is 13.1 Å². The van der Waals surface area contributed by atoms with Gasteiger partial charge in [0.25, 0.3) is 0 Å². The van der Waals surface area contributed by atoms with Crippen LogP contribution in [0.4, 0.5) is 0 Å². The molecule has 0 radical (unpaired) electrons. The van der Waals surface area contributed by atoms with Gasteiger partial charge in [0.15, 0.2) is 0 Å². The van der Waals surface area contributed by atoms with E-state index in [9.17, 15) is 0 Å². The third-order valence-corrected chi connectivity index (χ3v) is 14.8. The molecule has 0 aliphatic heterocycles. The van der Waals surface area contributed by atoms with E-state index in [1.165, 1.54) is 20.8 Å². The monoisotopic (exact) mass is 485 g/mol. The van der Waals surface area contributed by atoms with Crippen LogP contribution in [-0.2, 0) is 6.16 Å². The van der Waals surface area contributed by atoms with Gasteiger partial charge in [0.05, 0.1) is 0 Å². The molecule has 164 valence electrons. The van der Waals surface area contributed by atoms with Crippen molar-refractivity contribution in [2.24, 2.45) is 0 Å². The summed E-state index contributed by atoms with van der Waals surface area (Å²) in [4.78, 5) is 6.19. The molecule has 0 aliphatic rings. The summed E-state index contributed by atoms with van der Waals surface area (Å²) in [7, 11) is 0. The Labute approximate surface area is 204 Å². The zero-order valence-electron chi connectivity index (χ0n) is 18.4. The van der Waals surface area contributed by atoms with E-state index in [2.05, 4.69) is 122 Å². The second-order valence-electron chi connectivity index (χ2n) is 8.24. The van der Waals surface area contributed by atoms with Gasteiger partial charge in [-0.3, -0.25) is 0 Å². The Bertz CT molecular complexity index is 1250. The Kier molecular flexibility index (Phi) is 5.93. The van der Waals surface area contributed by atoms with Crippen LogP contribution in [0.15, 0.2) is 121 Å². The molecule has 5 aromatic rings. The summed E-state index contributed by atoms with van der Waals surface area (Å²) in [5.41, 5.74) is 2.20. The molecule has 0 saturated heterocycles. The van der Waals surface area contributed by atoms with E-state index in [1.54, 1.807) is 11.3 Å². The number of thiazole rings is 1. The zero-order chi connectivity index (χ0) is 22.8. The van der Waals surface area contributed by atoms with Crippen LogP contribution in [0, 0.1) is 6.92 Å². The SMILES string of the molecule is Cc1nc(-c2ccccc2)sc1CP(Cl)(c1ccccc1)(c1ccccc1)c1ccccc1. The van der Waals surface area contributed by atoms with E-state index in [0.29, 0.717) is 0 Å². The molecule has 1 aromatic heterocycles. The van der Waals surface area contributed by atoms with Crippen molar-refractivity contribution in [1.29, 1.82) is 0 Å². The molecule has 0 amide bonds. The van der Waals surface area contributed by atoms with Crippen LogP contribution in [0.3, 0.4) is 0 Å². The summed E-state index contributed by atoms with van der Waals surface area (Å²) in [6, 6.07) is 42.3. The van der Waals surface area contributed by atoms with Crippen molar-refractivity contribution in [3.63, 3.8) is 0 Å². The van der Waals surface area contributed by atoms with Crippen LogP contribution >= 0.6 is 28.5 Å². The van der Waals surface area contributed by atoms with Crippen LogP contribution in [0.1, 0.15) is 10.6 Å². The van der Waals surface area contributed by atoms with Gasteiger partial charge >= 0.3 is 205 Å². The van der Waals surface area contributed by atoms with Crippen LogP contribution < -0.4 is 15.9 Å². The Morgan fingerprint density at radius 2 is 1.03 bits per heavy atom. The molecule has 1 heterocycles. The molecule has 4 heteroatoms. The quantitative estimate of drug-likeness (QED) is 0.230. The first-order chi connectivity index (χ1) is 16.1. The van der Waals surface area contributed by atoms with E-state index in [-0.39, 0.29) is 0 Å². The number of nitrogens with zero attached hydrogens (tertiary/aromatic N) is 1. The maximum absolute atomic E-state index is 8.25. The van der Waals surface area contributed by atoms with Gasteiger partial charge < -0.3 is 0 Å². The second-order valence-corrected chi connectivity index (χ2v) is 15.8. The van der Waals surface area contributed by atoms with Gasteiger partial charge in [0.1, 0.15) is 0 Å². The summed E-state index contributed by atoms with van der Waals surface area (Å²) < 4.78 is 0. The maximum atomic E-state index is 8.25. The van der Waals surface area contributed by atoms with Crippen molar-refractivity contribution >= 4 is 44.4 Å². The van der Waals surface area contributed by atoms with Gasteiger partial charge in [-0.15, -0.1) is 0 Å². The minimum absolute atomic E-state index is 0.724. The number of rotatable bonds is 6. The molecule has 0 N–H and O–H groups in total. The number of aromatic nitrogens is 1. The Hall–Kier alpha value is -2.77. The number of halogens is 1. The summed E-state index contributed by atoms with van der Waals surface area (Å²) >= 11 is 10.0. The molecular formula is C29H25ClNPS. The van der Waals surface area contributed by atoms with Gasteiger partial charge in [-0.25, -0.2) is 0 Å². The topological polar surface area (TPSA) is 12.9 Å². The van der Waals surface area contributed by atoms with Crippen LogP contribution in [0.5, 0.6) is 0 Å². The van der Waals surface area contributed by atoms with Gasteiger partial charge in [-0.1, -0.05) is 0 Å². The van der Waals surface area contributed by atoms with Crippen molar-refractivity contribution in [2.75, 3.05) is 0 Å². The van der Waals surface area contributed by atoms with Crippen molar-refractivity contribution < 1.29 is 0 Å². The summed E-state index contributed by atoms with van der Waals surface area (Å²) in [6.45, 7) is 2.11. The van der Waals surface area contributed by atoms with Gasteiger partial charge in [-0.05, 0) is 0 Å². The van der Waals surface area contributed by atoms with Crippen molar-refractivity contribution in [3.8, 4) is 10.6 Å². The molecular weight excluding hydrogens is 461 g/mol. The first kappa shape index (κ1) is 22.0. The first-order valence-electron chi connectivity index (χ1n) is 11.0. The van der Waals surface area contributed by atoms with Crippen LogP contribution in [0.2, 0.25) is 0 Å². The molecule has 4 aromatic carbocycles. The molecule has 0 saturated carbocycles. The van der Waals surface area contributed by atoms with Crippen molar-refractivity contribution in [3.05, 3.63) is 132 Å². The molecule has 1 nitrogen and oxygen atoms in total. The molecule has 0 fully saturated rings. The zero-order valence-corrected chi connectivity index (χ0v) is 20.9. The Morgan fingerprint density at radius 1 is 0.636 bits per heavy atom. The fraction of sp³-hybridized carbons (Fsp3) is 0.0690. The predicted molar refractivity (Wildman–Crippen MR) is 147 cm³/mol. The minimum atomic E-state index is -3.36. The summed E-state index contributed by atoms with van der Waals surface area (Å²) in [5, 5.41) is 4.57. The van der Waals surface area contributed by atoms with E-state index in [4.69, 9.17) is 16.2 Å². The molecule has 0 spiro atoms. The average Bonchev–Trinajstić information content (AvgIpc) is 3.26. The normalized spacial score (nSPS) is 12.7. The number of hydrogen-bond donors (Lipinski definition) is 0. The van der Waals surface area contributed by atoms with E-state index in [0.717, 1.165) is 22.4 Å². The number of benzene rings is 4. The van der Waals surface area contributed by atoms with Crippen molar-refractivity contribution in [1.82, 2.24) is 4.98 Å². The predicted octanol–water partition coefficient (Wildman–Crippen LogP) is 7.30. The Morgan fingerprint density at radius 3 is 1.45 bits per heavy atom. The third-order valence-electron chi connectivity index (χ3n) is 6.24. The molecule has 0 unspecified atom stereocenters. The van der Waals surface area contributed by atoms with Crippen LogP contribution in [-0.4, -0.2) is 4.98 Å². The second kappa shape index (κ2) is 8.88. The van der Waals surface area contributed by atoms with E-state index >= 15 is 0 Å². The van der Waals surface area contributed by atoms with Gasteiger partial charge in [0.2, 0.25) is 0 Å². The fourth-order valence-electron chi connectivity index (χ4n) is 4.49. The Balaban J connectivity index is 1.78. The standard InChI is InChI=1S/C29H25ClNPS/c1-23-28(33-29(31-23)24-14-6-2-7-15-24)22-32(30,25-16-8-3-9-17-25,26-18-10-4-11-19-26)27-20-12-5-13-21-27/h2-21H,22H2,1H3. The van der Waals surface area contributed by atoms with Gasteiger partial charge in [-0.2, -0.15) is 0 Å². The van der Waals surface area contributed by atoms with E-state index < -0.39 is 5.96 Å². The number of aryl methyl sites for hydroxylation is 1. The summed E-state index contributed by atoms with van der Waals surface area (Å²) in [5.74, 6) is -3.36. The fourth-order valence-corrected chi connectivity index (χ4v) is 12.6. The number of hydrogen-bond acceptors (Lipinski definition) is 2. The molecule has 5 rings (SSSR count). The molecule has 33 heavy (non-hydrogen) atoms. The van der Waals surface area contributed by atoms with Crippen LogP contribution in [0.25, 0.3) is 10.6 Å². The first-order valence-corrected chi connectivity index (χ1v) is 15.2. The average molecular weight is 486 g/mol. The molecule has 0 aliphatic carbocycles. The van der Waals surface area contributed by atoms with E-state index in [1.807, 2.05) is 6.07 Å². The van der Waals surface area contributed by atoms with Gasteiger partial charge in [0, 0.05) is 0 Å².